The van der Waals surface area contributed by atoms with E-state index in [2.05, 4.69) is 10.3 Å². The van der Waals surface area contributed by atoms with Crippen molar-refractivity contribution in [2.45, 2.75) is 51.9 Å². The summed E-state index contributed by atoms with van der Waals surface area (Å²) in [6, 6.07) is 2.95. The fourth-order valence-corrected chi connectivity index (χ4v) is 2.49. The van der Waals surface area contributed by atoms with Crippen LogP contribution in [0.25, 0.3) is 0 Å². The van der Waals surface area contributed by atoms with E-state index in [1.54, 1.807) is 40.1 Å². The highest BCUT2D eigenvalue weighted by Gasteiger charge is 2.41. The number of carbonyl (C=O) groups is 2. The number of rotatable bonds is 3. The Bertz CT molecular complexity index is 595. The number of nitrogens with one attached hydrogen (secondary N) is 1. The highest BCUT2D eigenvalue weighted by atomic mass is 16.6. The summed E-state index contributed by atoms with van der Waals surface area (Å²) >= 11 is 0. The normalized spacial score (nSPS) is 20.8. The van der Waals surface area contributed by atoms with Crippen molar-refractivity contribution < 1.29 is 19.1 Å². The number of likely N-dealkylation sites (tertiary alicyclic amines) is 1. The highest BCUT2D eigenvalue weighted by Crippen LogP contribution is 2.24. The van der Waals surface area contributed by atoms with Gasteiger partial charge in [0.15, 0.2) is 0 Å². The van der Waals surface area contributed by atoms with Gasteiger partial charge in [0, 0.05) is 19.7 Å². The molecule has 1 saturated heterocycles. The molecule has 0 aromatic carbocycles. The molecular formula is C17H25N3O4. The number of ether oxygens (including phenoxy) is 2. The second-order valence-electron chi connectivity index (χ2n) is 6.95. The number of amides is 2. The number of methoxy groups -OCH3 is 1. The average Bonchev–Trinajstić information content (AvgIpc) is 2.92. The molecule has 0 aliphatic carbocycles. The number of hydrogen-bond acceptors (Lipinski definition) is 5. The molecule has 132 valence electrons. The van der Waals surface area contributed by atoms with Gasteiger partial charge in [-0.2, -0.15) is 0 Å². The summed E-state index contributed by atoms with van der Waals surface area (Å²) in [5.41, 5.74) is 0.380. The predicted molar refractivity (Wildman–Crippen MR) is 89.7 cm³/mol. The van der Waals surface area contributed by atoms with Crippen molar-refractivity contribution in [1.82, 2.24) is 9.88 Å². The van der Waals surface area contributed by atoms with Gasteiger partial charge in [-0.3, -0.25) is 9.69 Å². The quantitative estimate of drug-likeness (QED) is 0.917. The van der Waals surface area contributed by atoms with E-state index in [4.69, 9.17) is 9.47 Å². The summed E-state index contributed by atoms with van der Waals surface area (Å²) in [4.78, 5) is 30.6. The largest absolute Gasteiger partial charge is 0.444 e. The summed E-state index contributed by atoms with van der Waals surface area (Å²) in [7, 11) is 1.57. The number of hydrogen-bond donors (Lipinski definition) is 1. The van der Waals surface area contributed by atoms with E-state index in [0.29, 0.717) is 18.8 Å². The third-order valence-electron chi connectivity index (χ3n) is 3.69. The molecule has 7 heteroatoms. The summed E-state index contributed by atoms with van der Waals surface area (Å²) in [6.45, 7) is 7.62. The van der Waals surface area contributed by atoms with Crippen LogP contribution in [0, 0.1) is 6.92 Å². The van der Waals surface area contributed by atoms with Gasteiger partial charge in [-0.05, 0) is 39.3 Å². The van der Waals surface area contributed by atoms with E-state index >= 15 is 0 Å². The van der Waals surface area contributed by atoms with Crippen molar-refractivity contribution in [3.63, 3.8) is 0 Å². The van der Waals surface area contributed by atoms with Gasteiger partial charge in [-0.25, -0.2) is 9.78 Å². The van der Waals surface area contributed by atoms with Gasteiger partial charge in [-0.1, -0.05) is 6.07 Å². The molecule has 0 unspecified atom stereocenters. The topological polar surface area (TPSA) is 80.8 Å². The molecule has 7 nitrogen and oxygen atoms in total. The Hall–Kier alpha value is -2.15. The molecule has 1 fully saturated rings. The number of pyridine rings is 1. The van der Waals surface area contributed by atoms with Crippen LogP contribution in [0.5, 0.6) is 0 Å². The first kappa shape index (κ1) is 18.2. The molecule has 2 atom stereocenters. The monoisotopic (exact) mass is 335 g/mol. The lowest BCUT2D eigenvalue weighted by Crippen LogP contribution is -2.45. The zero-order valence-electron chi connectivity index (χ0n) is 14.8. The number of aromatic nitrogens is 1. The van der Waals surface area contributed by atoms with Crippen molar-refractivity contribution in [2.75, 3.05) is 19.0 Å². The van der Waals surface area contributed by atoms with Crippen LogP contribution in [0.2, 0.25) is 0 Å². The lowest BCUT2D eigenvalue weighted by Gasteiger charge is -2.27. The van der Waals surface area contributed by atoms with E-state index in [-0.39, 0.29) is 12.0 Å². The Morgan fingerprint density at radius 3 is 2.58 bits per heavy atom. The van der Waals surface area contributed by atoms with Crippen molar-refractivity contribution in [1.29, 1.82) is 0 Å². The highest BCUT2D eigenvalue weighted by molar-refractivity contribution is 5.96. The van der Waals surface area contributed by atoms with Crippen LogP contribution in [0.1, 0.15) is 32.8 Å². The van der Waals surface area contributed by atoms with Crippen molar-refractivity contribution >= 4 is 17.8 Å². The summed E-state index contributed by atoms with van der Waals surface area (Å²) in [5, 5.41) is 2.75. The Balaban J connectivity index is 2.10. The second-order valence-corrected chi connectivity index (χ2v) is 6.95. The van der Waals surface area contributed by atoms with Crippen LogP contribution in [0.3, 0.4) is 0 Å². The molecule has 1 aromatic rings. The van der Waals surface area contributed by atoms with Gasteiger partial charge in [0.25, 0.3) is 0 Å². The molecule has 1 N–H and O–H groups in total. The van der Waals surface area contributed by atoms with Crippen LogP contribution in [0.4, 0.5) is 10.6 Å². The molecule has 24 heavy (non-hydrogen) atoms. The molecule has 1 aliphatic heterocycles. The molecule has 2 amide bonds. The van der Waals surface area contributed by atoms with Crippen LogP contribution in [0.15, 0.2) is 18.3 Å². The standard InChI is InChI=1S/C17H25N3O4/c1-11-6-7-14(18-9-11)19-15(21)13-8-12(23-5)10-20(13)16(22)24-17(2,3)4/h6-7,9,12-13H,8,10H2,1-5H3,(H,18,19,21)/t12-,13-/m0/s1. The Morgan fingerprint density at radius 1 is 1.33 bits per heavy atom. The number of anilines is 1. The van der Waals surface area contributed by atoms with Crippen molar-refractivity contribution in [3.8, 4) is 0 Å². The van der Waals surface area contributed by atoms with E-state index < -0.39 is 17.7 Å². The predicted octanol–water partition coefficient (Wildman–Crippen LogP) is 2.35. The maximum Gasteiger partial charge on any atom is 0.411 e. The van der Waals surface area contributed by atoms with Crippen LogP contribution in [-0.4, -0.2) is 53.3 Å². The zero-order valence-corrected chi connectivity index (χ0v) is 14.8. The third-order valence-corrected chi connectivity index (χ3v) is 3.69. The van der Waals surface area contributed by atoms with Gasteiger partial charge in [0.05, 0.1) is 12.6 Å². The first-order valence-electron chi connectivity index (χ1n) is 7.95. The summed E-state index contributed by atoms with van der Waals surface area (Å²) < 4.78 is 10.7. The first-order valence-corrected chi connectivity index (χ1v) is 7.95. The van der Waals surface area contributed by atoms with E-state index in [1.807, 2.05) is 13.0 Å². The molecule has 2 rings (SSSR count). The maximum atomic E-state index is 12.6. The Morgan fingerprint density at radius 2 is 2.04 bits per heavy atom. The van der Waals surface area contributed by atoms with Crippen molar-refractivity contribution in [3.05, 3.63) is 23.9 Å². The summed E-state index contributed by atoms with van der Waals surface area (Å²) in [6.07, 6.45) is 1.39. The van der Waals surface area contributed by atoms with Gasteiger partial charge in [0.2, 0.25) is 5.91 Å². The lowest BCUT2D eigenvalue weighted by molar-refractivity contribution is -0.120. The average molecular weight is 335 g/mol. The van der Waals surface area contributed by atoms with Gasteiger partial charge >= 0.3 is 6.09 Å². The van der Waals surface area contributed by atoms with E-state index in [1.165, 1.54) is 4.90 Å². The van der Waals surface area contributed by atoms with E-state index in [0.717, 1.165) is 5.56 Å². The number of carbonyl (C=O) groups excluding carboxylic acids is 2. The molecular weight excluding hydrogens is 310 g/mol. The smallest absolute Gasteiger partial charge is 0.411 e. The molecule has 1 aliphatic rings. The SMILES string of the molecule is CO[C@H]1C[C@@H](C(=O)Nc2ccc(C)cn2)N(C(=O)OC(C)(C)C)C1. The van der Waals surface area contributed by atoms with Crippen LogP contribution < -0.4 is 5.32 Å². The number of nitrogens with zero attached hydrogens (tertiary/aromatic N) is 2. The van der Waals surface area contributed by atoms with Gasteiger partial charge in [0.1, 0.15) is 17.5 Å². The molecule has 0 bridgehead atoms. The summed E-state index contributed by atoms with van der Waals surface area (Å²) in [5.74, 6) is 0.160. The fourth-order valence-electron chi connectivity index (χ4n) is 2.49. The Labute approximate surface area is 142 Å². The van der Waals surface area contributed by atoms with E-state index in [9.17, 15) is 9.59 Å². The second kappa shape index (κ2) is 7.17. The van der Waals surface area contributed by atoms with Crippen LogP contribution >= 0.6 is 0 Å². The van der Waals surface area contributed by atoms with Crippen LogP contribution in [-0.2, 0) is 14.3 Å². The molecule has 0 spiro atoms. The molecule has 2 heterocycles. The third kappa shape index (κ3) is 4.67. The zero-order chi connectivity index (χ0) is 17.9. The minimum Gasteiger partial charge on any atom is -0.444 e. The number of aryl methyl sites for hydroxylation is 1. The molecule has 0 radical (unpaired) electrons. The fraction of sp³-hybridized carbons (Fsp3) is 0.588. The van der Waals surface area contributed by atoms with Gasteiger partial charge < -0.3 is 14.8 Å². The minimum atomic E-state index is -0.645. The van der Waals surface area contributed by atoms with Gasteiger partial charge in [-0.15, -0.1) is 0 Å². The Kier molecular flexibility index (Phi) is 5.43. The molecule has 0 saturated carbocycles. The first-order chi connectivity index (χ1) is 11.2. The minimum absolute atomic E-state index is 0.195. The molecule has 1 aromatic heterocycles. The maximum absolute atomic E-state index is 12.6. The van der Waals surface area contributed by atoms with Crippen molar-refractivity contribution in [2.24, 2.45) is 0 Å². The lowest BCUT2D eigenvalue weighted by atomic mass is 10.2.